The van der Waals surface area contributed by atoms with Crippen molar-refractivity contribution in [1.82, 2.24) is 10.6 Å². The van der Waals surface area contributed by atoms with Crippen LogP contribution in [0.15, 0.2) is 24.3 Å². The second kappa shape index (κ2) is 9.11. The molecule has 3 nitrogen and oxygen atoms in total. The van der Waals surface area contributed by atoms with Gasteiger partial charge < -0.3 is 10.6 Å². The molecule has 5 heteroatoms. The van der Waals surface area contributed by atoms with Crippen molar-refractivity contribution < 1.29 is 9.18 Å². The summed E-state index contributed by atoms with van der Waals surface area (Å²) < 4.78 is 13.1. The molecule has 0 aliphatic carbocycles. The fraction of sp³-hybridized carbons (Fsp3) is 0.588. The van der Waals surface area contributed by atoms with Gasteiger partial charge in [0, 0.05) is 18.5 Å². The summed E-state index contributed by atoms with van der Waals surface area (Å²) in [6.45, 7) is 5.18. The maximum atomic E-state index is 13.1. The first kappa shape index (κ1) is 18.9. The van der Waals surface area contributed by atoms with Gasteiger partial charge >= 0.3 is 0 Å². The van der Waals surface area contributed by atoms with Crippen molar-refractivity contribution in [2.24, 2.45) is 5.92 Å². The first-order valence-corrected chi connectivity index (χ1v) is 7.82. The second-order valence-electron chi connectivity index (χ2n) is 6.20. The van der Waals surface area contributed by atoms with Gasteiger partial charge in [0.05, 0.1) is 0 Å². The number of rotatable bonds is 5. The molecule has 2 rings (SSSR count). The number of hydrogen-bond acceptors (Lipinski definition) is 2. The van der Waals surface area contributed by atoms with Gasteiger partial charge in [0.1, 0.15) is 5.82 Å². The lowest BCUT2D eigenvalue weighted by Crippen LogP contribution is -2.52. The monoisotopic (exact) mass is 328 g/mol. The van der Waals surface area contributed by atoms with Crippen LogP contribution in [-0.4, -0.2) is 24.5 Å². The molecule has 2 N–H and O–H groups in total. The maximum absolute atomic E-state index is 13.1. The van der Waals surface area contributed by atoms with Crippen LogP contribution in [0.5, 0.6) is 0 Å². The Hall–Kier alpha value is -1.13. The average Bonchev–Trinajstić information content (AvgIpc) is 2.41. The van der Waals surface area contributed by atoms with E-state index in [0.29, 0.717) is 12.5 Å². The lowest BCUT2D eigenvalue weighted by molar-refractivity contribution is -0.123. The average molecular weight is 329 g/mol. The summed E-state index contributed by atoms with van der Waals surface area (Å²) in [5.74, 6) is 0.0874. The van der Waals surface area contributed by atoms with Crippen LogP contribution in [0.4, 0.5) is 4.39 Å². The summed E-state index contributed by atoms with van der Waals surface area (Å²) in [7, 11) is 0. The lowest BCUT2D eigenvalue weighted by atomic mass is 9.96. The highest BCUT2D eigenvalue weighted by atomic mass is 35.5. The minimum Gasteiger partial charge on any atom is -0.352 e. The van der Waals surface area contributed by atoms with Gasteiger partial charge in [-0.25, -0.2) is 4.39 Å². The molecular weight excluding hydrogens is 303 g/mol. The Morgan fingerprint density at radius 2 is 2.27 bits per heavy atom. The second-order valence-corrected chi connectivity index (χ2v) is 6.20. The first-order valence-electron chi connectivity index (χ1n) is 7.82. The quantitative estimate of drug-likeness (QED) is 0.872. The van der Waals surface area contributed by atoms with Crippen molar-refractivity contribution >= 4 is 18.3 Å². The SMILES string of the molecule is CC(CC(=O)NC1CCCNC1C)Cc1cccc(F)c1.Cl. The van der Waals surface area contributed by atoms with Crippen LogP contribution in [0.2, 0.25) is 0 Å². The predicted molar refractivity (Wildman–Crippen MR) is 89.8 cm³/mol. The summed E-state index contributed by atoms with van der Waals surface area (Å²) in [5, 5.41) is 6.50. The zero-order chi connectivity index (χ0) is 15.2. The zero-order valence-electron chi connectivity index (χ0n) is 13.3. The van der Waals surface area contributed by atoms with E-state index in [1.54, 1.807) is 12.1 Å². The van der Waals surface area contributed by atoms with Crippen LogP contribution < -0.4 is 10.6 Å². The summed E-state index contributed by atoms with van der Waals surface area (Å²) in [6, 6.07) is 7.17. The predicted octanol–water partition coefficient (Wildman–Crippen LogP) is 3.07. The minimum absolute atomic E-state index is 0. The number of amides is 1. The Labute approximate surface area is 138 Å². The van der Waals surface area contributed by atoms with Crippen molar-refractivity contribution in [1.29, 1.82) is 0 Å². The van der Waals surface area contributed by atoms with E-state index in [-0.39, 0.29) is 36.1 Å². The van der Waals surface area contributed by atoms with Gasteiger partial charge in [-0.1, -0.05) is 19.1 Å². The van der Waals surface area contributed by atoms with E-state index in [0.717, 1.165) is 31.4 Å². The molecule has 1 heterocycles. The third-order valence-corrected chi connectivity index (χ3v) is 4.12. The zero-order valence-corrected chi connectivity index (χ0v) is 14.1. The Morgan fingerprint density at radius 1 is 1.50 bits per heavy atom. The highest BCUT2D eigenvalue weighted by Gasteiger charge is 2.22. The molecule has 1 aliphatic rings. The van der Waals surface area contributed by atoms with Gasteiger partial charge in [0.25, 0.3) is 0 Å². The highest BCUT2D eigenvalue weighted by molar-refractivity contribution is 5.85. The Morgan fingerprint density at radius 3 is 2.95 bits per heavy atom. The molecule has 0 aromatic heterocycles. The number of carbonyl (C=O) groups excluding carboxylic acids is 1. The number of nitrogens with one attached hydrogen (secondary N) is 2. The fourth-order valence-corrected chi connectivity index (χ4v) is 2.96. The van der Waals surface area contributed by atoms with Gasteiger partial charge in [-0.3, -0.25) is 4.79 Å². The molecule has 0 spiro atoms. The molecule has 124 valence electrons. The Kier molecular flexibility index (Phi) is 7.83. The molecule has 0 bridgehead atoms. The number of benzene rings is 1. The number of piperidine rings is 1. The van der Waals surface area contributed by atoms with Crippen molar-refractivity contribution in [3.63, 3.8) is 0 Å². The topological polar surface area (TPSA) is 41.1 Å². The fourth-order valence-electron chi connectivity index (χ4n) is 2.96. The van der Waals surface area contributed by atoms with Crippen molar-refractivity contribution in [3.05, 3.63) is 35.6 Å². The van der Waals surface area contributed by atoms with Crippen LogP contribution >= 0.6 is 12.4 Å². The van der Waals surface area contributed by atoms with Crippen LogP contribution in [0.1, 0.15) is 38.7 Å². The largest absolute Gasteiger partial charge is 0.352 e. The molecule has 0 radical (unpaired) electrons. The van der Waals surface area contributed by atoms with E-state index in [4.69, 9.17) is 0 Å². The van der Waals surface area contributed by atoms with Gasteiger partial charge in [-0.2, -0.15) is 0 Å². The van der Waals surface area contributed by atoms with E-state index in [1.165, 1.54) is 6.07 Å². The Bertz CT molecular complexity index is 483. The normalized spacial score (nSPS) is 22.5. The lowest BCUT2D eigenvalue weighted by Gasteiger charge is -2.31. The molecule has 1 aliphatic heterocycles. The minimum atomic E-state index is -0.216. The summed E-state index contributed by atoms with van der Waals surface area (Å²) in [6.07, 6.45) is 3.36. The van der Waals surface area contributed by atoms with E-state index >= 15 is 0 Å². The standard InChI is InChI=1S/C17H25FN2O.ClH/c1-12(9-14-5-3-6-15(18)11-14)10-17(21)20-16-7-4-8-19-13(16)2;/h3,5-6,11-13,16,19H,4,7-10H2,1-2H3,(H,20,21);1H. The van der Waals surface area contributed by atoms with Crippen LogP contribution in [0, 0.1) is 11.7 Å². The molecule has 22 heavy (non-hydrogen) atoms. The maximum Gasteiger partial charge on any atom is 0.220 e. The highest BCUT2D eigenvalue weighted by Crippen LogP contribution is 2.14. The number of hydrogen-bond donors (Lipinski definition) is 2. The Balaban J connectivity index is 0.00000242. The molecule has 1 fully saturated rings. The summed E-state index contributed by atoms with van der Waals surface area (Å²) in [4.78, 5) is 12.1. The molecule has 3 unspecified atom stereocenters. The van der Waals surface area contributed by atoms with Gasteiger partial charge in [0.15, 0.2) is 0 Å². The smallest absolute Gasteiger partial charge is 0.220 e. The molecule has 1 saturated heterocycles. The van der Waals surface area contributed by atoms with Gasteiger partial charge in [-0.15, -0.1) is 12.4 Å². The van der Waals surface area contributed by atoms with Gasteiger partial charge in [0.2, 0.25) is 5.91 Å². The van der Waals surface area contributed by atoms with Crippen molar-refractivity contribution in [3.8, 4) is 0 Å². The molecule has 3 atom stereocenters. The van der Waals surface area contributed by atoms with E-state index in [9.17, 15) is 9.18 Å². The third kappa shape index (κ3) is 5.93. The first-order chi connectivity index (χ1) is 10.0. The van der Waals surface area contributed by atoms with Crippen molar-refractivity contribution in [2.45, 2.75) is 51.6 Å². The van der Waals surface area contributed by atoms with Crippen LogP contribution in [0.25, 0.3) is 0 Å². The van der Waals surface area contributed by atoms with Crippen LogP contribution in [-0.2, 0) is 11.2 Å². The molecule has 1 aromatic carbocycles. The van der Waals surface area contributed by atoms with E-state index in [2.05, 4.69) is 17.6 Å². The molecule has 1 aromatic rings. The third-order valence-electron chi connectivity index (χ3n) is 4.12. The van der Waals surface area contributed by atoms with Gasteiger partial charge in [-0.05, 0) is 56.3 Å². The number of carbonyl (C=O) groups is 1. The number of halogens is 2. The summed E-state index contributed by atoms with van der Waals surface area (Å²) >= 11 is 0. The molecular formula is C17H26ClFN2O. The summed E-state index contributed by atoms with van der Waals surface area (Å²) in [5.41, 5.74) is 0.947. The molecule has 0 saturated carbocycles. The van der Waals surface area contributed by atoms with E-state index < -0.39 is 0 Å². The molecule has 1 amide bonds. The van der Waals surface area contributed by atoms with Crippen molar-refractivity contribution in [2.75, 3.05) is 6.54 Å². The van der Waals surface area contributed by atoms with E-state index in [1.807, 2.05) is 13.0 Å². The van der Waals surface area contributed by atoms with Crippen LogP contribution in [0.3, 0.4) is 0 Å².